The number of carbonyl (C=O) groups is 1. The number of hydrogen-bond acceptors (Lipinski definition) is 4. The Morgan fingerprint density at radius 3 is 2.70 bits per heavy atom. The number of hydrogen-bond donors (Lipinski definition) is 1. The van der Waals surface area contributed by atoms with E-state index in [2.05, 4.69) is 39.5 Å². The summed E-state index contributed by atoms with van der Waals surface area (Å²) in [7, 11) is 0. The van der Waals surface area contributed by atoms with Gasteiger partial charge in [-0.1, -0.05) is 36.4 Å². The molecule has 2 aliphatic rings. The van der Waals surface area contributed by atoms with Gasteiger partial charge in [-0.15, -0.1) is 0 Å². The molecular formula is C27H30FN3O2. The summed E-state index contributed by atoms with van der Waals surface area (Å²) < 4.78 is 19.8. The van der Waals surface area contributed by atoms with Crippen LogP contribution in [0.3, 0.4) is 0 Å². The van der Waals surface area contributed by atoms with E-state index in [-0.39, 0.29) is 23.7 Å². The van der Waals surface area contributed by atoms with Gasteiger partial charge in [-0.05, 0) is 75.4 Å². The largest absolute Gasteiger partial charge is 0.441 e. The quantitative estimate of drug-likeness (QED) is 0.584. The lowest BCUT2D eigenvalue weighted by molar-refractivity contribution is -0.127. The number of benzene rings is 2. The van der Waals surface area contributed by atoms with Gasteiger partial charge in [-0.3, -0.25) is 9.69 Å². The number of amides is 1. The van der Waals surface area contributed by atoms with Crippen LogP contribution in [0.15, 0.2) is 52.9 Å². The zero-order valence-corrected chi connectivity index (χ0v) is 19.0. The molecule has 1 aliphatic heterocycles. The molecule has 172 valence electrons. The lowest BCUT2D eigenvalue weighted by Gasteiger charge is -2.33. The van der Waals surface area contributed by atoms with Gasteiger partial charge in [-0.25, -0.2) is 9.37 Å². The Morgan fingerprint density at radius 2 is 1.88 bits per heavy atom. The number of rotatable bonds is 5. The van der Waals surface area contributed by atoms with Crippen LogP contribution in [0.5, 0.6) is 0 Å². The molecule has 0 saturated carbocycles. The topological polar surface area (TPSA) is 58.4 Å². The van der Waals surface area contributed by atoms with Crippen molar-refractivity contribution in [2.45, 2.75) is 51.6 Å². The SMILES string of the molecule is Cc1oc(-c2ccccc2F)nc1CN1CCC(C(=O)N[C@H]2CCCc3ccccc32)CC1. The minimum atomic E-state index is -0.335. The fourth-order valence-corrected chi connectivity index (χ4v) is 5.08. The van der Waals surface area contributed by atoms with Gasteiger partial charge in [0.1, 0.15) is 11.6 Å². The molecule has 1 N–H and O–H groups in total. The van der Waals surface area contributed by atoms with E-state index in [0.29, 0.717) is 23.8 Å². The number of carbonyl (C=O) groups excluding carboxylic acids is 1. The minimum absolute atomic E-state index is 0.0442. The number of piperidine rings is 1. The van der Waals surface area contributed by atoms with E-state index in [9.17, 15) is 9.18 Å². The van der Waals surface area contributed by atoms with Crippen LogP contribution >= 0.6 is 0 Å². The molecule has 2 heterocycles. The van der Waals surface area contributed by atoms with Crippen LogP contribution in [0, 0.1) is 18.7 Å². The second kappa shape index (κ2) is 9.48. The third-order valence-corrected chi connectivity index (χ3v) is 7.01. The van der Waals surface area contributed by atoms with Crippen molar-refractivity contribution in [1.82, 2.24) is 15.2 Å². The van der Waals surface area contributed by atoms with Crippen molar-refractivity contribution in [3.8, 4) is 11.5 Å². The monoisotopic (exact) mass is 447 g/mol. The molecule has 1 saturated heterocycles. The molecule has 5 rings (SSSR count). The Bertz CT molecular complexity index is 1130. The fourth-order valence-electron chi connectivity index (χ4n) is 5.08. The summed E-state index contributed by atoms with van der Waals surface area (Å²) in [6.45, 7) is 4.18. The van der Waals surface area contributed by atoms with Gasteiger partial charge in [-0.2, -0.15) is 0 Å². The van der Waals surface area contributed by atoms with Crippen molar-refractivity contribution >= 4 is 5.91 Å². The number of nitrogens with zero attached hydrogens (tertiary/aromatic N) is 2. The van der Waals surface area contributed by atoms with Crippen molar-refractivity contribution in [2.75, 3.05) is 13.1 Å². The zero-order chi connectivity index (χ0) is 22.8. The minimum Gasteiger partial charge on any atom is -0.441 e. The number of halogens is 1. The molecule has 2 aromatic carbocycles. The molecule has 1 atom stereocenters. The van der Waals surface area contributed by atoms with Gasteiger partial charge in [0, 0.05) is 12.5 Å². The van der Waals surface area contributed by atoms with E-state index in [1.165, 1.54) is 17.2 Å². The molecular weight excluding hydrogens is 417 g/mol. The molecule has 1 aromatic heterocycles. The molecule has 3 aromatic rings. The van der Waals surface area contributed by atoms with Crippen molar-refractivity contribution in [3.63, 3.8) is 0 Å². The van der Waals surface area contributed by atoms with Gasteiger partial charge in [0.25, 0.3) is 0 Å². The highest BCUT2D eigenvalue weighted by Crippen LogP contribution is 2.31. The lowest BCUT2D eigenvalue weighted by atomic mass is 9.87. The maximum absolute atomic E-state index is 14.1. The van der Waals surface area contributed by atoms with E-state index in [4.69, 9.17) is 4.42 Å². The van der Waals surface area contributed by atoms with Gasteiger partial charge in [0.2, 0.25) is 11.8 Å². The Kier molecular flexibility index (Phi) is 6.27. The van der Waals surface area contributed by atoms with Gasteiger partial charge < -0.3 is 9.73 Å². The predicted molar refractivity (Wildman–Crippen MR) is 125 cm³/mol. The number of aryl methyl sites for hydroxylation is 2. The van der Waals surface area contributed by atoms with Gasteiger partial charge in [0.15, 0.2) is 0 Å². The Balaban J connectivity index is 1.17. The summed E-state index contributed by atoms with van der Waals surface area (Å²) in [5.41, 5.74) is 3.85. The highest BCUT2D eigenvalue weighted by molar-refractivity contribution is 5.79. The summed E-state index contributed by atoms with van der Waals surface area (Å²) in [5.74, 6) is 0.919. The third kappa shape index (κ3) is 4.71. The van der Waals surface area contributed by atoms with Crippen LogP contribution in [0.1, 0.15) is 54.3 Å². The van der Waals surface area contributed by atoms with Gasteiger partial charge in [0.05, 0.1) is 17.3 Å². The third-order valence-electron chi connectivity index (χ3n) is 7.01. The molecule has 0 unspecified atom stereocenters. The summed E-state index contributed by atoms with van der Waals surface area (Å²) in [5, 5.41) is 3.32. The Labute approximate surface area is 194 Å². The second-order valence-corrected chi connectivity index (χ2v) is 9.20. The van der Waals surface area contributed by atoms with Crippen LogP contribution in [0.4, 0.5) is 4.39 Å². The lowest BCUT2D eigenvalue weighted by Crippen LogP contribution is -2.42. The highest BCUT2D eigenvalue weighted by atomic mass is 19.1. The molecule has 0 bridgehead atoms. The summed E-state index contributed by atoms with van der Waals surface area (Å²) in [6.07, 6.45) is 4.89. The molecule has 0 radical (unpaired) electrons. The molecule has 0 spiro atoms. The average molecular weight is 448 g/mol. The number of nitrogens with one attached hydrogen (secondary N) is 1. The van der Waals surface area contributed by atoms with Crippen LogP contribution in [0.25, 0.3) is 11.5 Å². The number of aromatic nitrogens is 1. The van der Waals surface area contributed by atoms with Crippen LogP contribution in [0.2, 0.25) is 0 Å². The Morgan fingerprint density at radius 1 is 1.12 bits per heavy atom. The molecule has 1 amide bonds. The standard InChI is InChI=1S/C27H30FN3O2/c1-18-25(30-27(33-18)22-10-4-5-11-23(22)28)17-31-15-13-20(14-16-31)26(32)29-24-12-6-8-19-7-2-3-9-21(19)24/h2-5,7,9-11,20,24H,6,8,12-17H2,1H3,(H,29,32)/t24-/m0/s1. The van der Waals surface area contributed by atoms with Crippen LogP contribution in [-0.4, -0.2) is 28.9 Å². The number of fused-ring (bicyclic) bond motifs is 1. The maximum Gasteiger partial charge on any atom is 0.229 e. The summed E-state index contributed by atoms with van der Waals surface area (Å²) in [4.78, 5) is 19.9. The van der Waals surface area contributed by atoms with Crippen molar-refractivity contribution in [2.24, 2.45) is 5.92 Å². The average Bonchev–Trinajstić information content (AvgIpc) is 3.20. The van der Waals surface area contributed by atoms with Crippen molar-refractivity contribution < 1.29 is 13.6 Å². The number of oxazole rings is 1. The zero-order valence-electron chi connectivity index (χ0n) is 19.0. The molecule has 1 aliphatic carbocycles. The highest BCUT2D eigenvalue weighted by Gasteiger charge is 2.29. The summed E-state index contributed by atoms with van der Waals surface area (Å²) in [6, 6.07) is 15.1. The van der Waals surface area contributed by atoms with E-state index >= 15 is 0 Å². The van der Waals surface area contributed by atoms with E-state index in [1.807, 2.05) is 6.92 Å². The van der Waals surface area contributed by atoms with Crippen LogP contribution < -0.4 is 5.32 Å². The molecule has 33 heavy (non-hydrogen) atoms. The first-order chi connectivity index (χ1) is 16.1. The van der Waals surface area contributed by atoms with E-state index < -0.39 is 0 Å². The predicted octanol–water partition coefficient (Wildman–Crippen LogP) is 5.19. The summed E-state index contributed by atoms with van der Waals surface area (Å²) >= 11 is 0. The second-order valence-electron chi connectivity index (χ2n) is 9.20. The molecule has 5 nitrogen and oxygen atoms in total. The molecule has 1 fully saturated rings. The molecule has 6 heteroatoms. The van der Waals surface area contributed by atoms with E-state index in [1.54, 1.807) is 18.2 Å². The van der Waals surface area contributed by atoms with Crippen LogP contribution in [-0.2, 0) is 17.8 Å². The van der Waals surface area contributed by atoms with Crippen molar-refractivity contribution in [1.29, 1.82) is 0 Å². The smallest absolute Gasteiger partial charge is 0.229 e. The number of likely N-dealkylation sites (tertiary alicyclic amines) is 1. The first-order valence-corrected chi connectivity index (χ1v) is 11.9. The Hall–Kier alpha value is -2.99. The first-order valence-electron chi connectivity index (χ1n) is 11.9. The fraction of sp³-hybridized carbons (Fsp3) is 0.407. The van der Waals surface area contributed by atoms with E-state index in [0.717, 1.165) is 50.9 Å². The first kappa shape index (κ1) is 21.8. The van der Waals surface area contributed by atoms with Gasteiger partial charge >= 0.3 is 0 Å². The maximum atomic E-state index is 14.1. The van der Waals surface area contributed by atoms with Crippen molar-refractivity contribution in [3.05, 3.63) is 76.9 Å². The normalized spacial score (nSPS) is 19.3.